The van der Waals surface area contributed by atoms with Crippen molar-refractivity contribution in [2.45, 2.75) is 19.4 Å². The Bertz CT molecular complexity index is 210. The zero-order chi connectivity index (χ0) is 11.7. The van der Waals surface area contributed by atoms with Gasteiger partial charge in [0.1, 0.15) is 6.04 Å². The largest absolute Gasteiger partial charge is 0.464 e. The first-order valence-corrected chi connectivity index (χ1v) is 5.28. The molecule has 0 fully saturated rings. The number of hydrogen-bond donors (Lipinski definition) is 2. The molecule has 0 spiro atoms. The first-order valence-electron chi connectivity index (χ1n) is 4.65. The number of thiol groups is 1. The number of carbonyl (C=O) groups is 2. The van der Waals surface area contributed by atoms with Crippen molar-refractivity contribution in [3.05, 3.63) is 0 Å². The SMILES string of the molecule is COCCCOC(=O)C(CS)NC(C)=O. The molecule has 1 amide bonds. The van der Waals surface area contributed by atoms with E-state index in [0.29, 0.717) is 13.0 Å². The van der Waals surface area contributed by atoms with E-state index in [2.05, 4.69) is 17.9 Å². The van der Waals surface area contributed by atoms with Crippen LogP contribution in [0.1, 0.15) is 13.3 Å². The summed E-state index contributed by atoms with van der Waals surface area (Å²) < 4.78 is 9.71. The third-order valence-corrected chi connectivity index (χ3v) is 1.95. The fraction of sp³-hybridized carbons (Fsp3) is 0.778. The molecule has 0 aliphatic rings. The summed E-state index contributed by atoms with van der Waals surface area (Å²) in [5.74, 6) is -0.512. The van der Waals surface area contributed by atoms with Crippen molar-refractivity contribution in [2.75, 3.05) is 26.1 Å². The zero-order valence-electron chi connectivity index (χ0n) is 8.99. The quantitative estimate of drug-likeness (QED) is 0.370. The summed E-state index contributed by atoms with van der Waals surface area (Å²) in [5, 5.41) is 2.45. The van der Waals surface area contributed by atoms with Gasteiger partial charge >= 0.3 is 5.97 Å². The predicted octanol–water partition coefficient (Wildman–Crippen LogP) is 0.000600. The summed E-state index contributed by atoms with van der Waals surface area (Å²) in [4.78, 5) is 22.1. The van der Waals surface area contributed by atoms with Gasteiger partial charge in [-0.2, -0.15) is 12.6 Å². The topological polar surface area (TPSA) is 64.6 Å². The lowest BCUT2D eigenvalue weighted by Crippen LogP contribution is -2.42. The minimum atomic E-state index is -0.673. The normalized spacial score (nSPS) is 11.9. The number of rotatable bonds is 7. The van der Waals surface area contributed by atoms with Crippen LogP contribution in [0.3, 0.4) is 0 Å². The summed E-state index contributed by atoms with van der Waals surface area (Å²) in [6, 6.07) is -0.673. The molecule has 6 heteroatoms. The van der Waals surface area contributed by atoms with Gasteiger partial charge in [-0.15, -0.1) is 0 Å². The number of amides is 1. The van der Waals surface area contributed by atoms with Gasteiger partial charge in [0.25, 0.3) is 0 Å². The molecule has 1 atom stereocenters. The molecular formula is C9H17NO4S. The highest BCUT2D eigenvalue weighted by Gasteiger charge is 2.18. The van der Waals surface area contributed by atoms with Crippen LogP contribution < -0.4 is 5.32 Å². The van der Waals surface area contributed by atoms with E-state index in [1.165, 1.54) is 6.92 Å². The van der Waals surface area contributed by atoms with E-state index in [1.54, 1.807) is 7.11 Å². The summed E-state index contributed by atoms with van der Waals surface area (Å²) in [7, 11) is 1.58. The molecule has 15 heavy (non-hydrogen) atoms. The predicted molar refractivity (Wildman–Crippen MR) is 58.9 cm³/mol. The van der Waals surface area contributed by atoms with Crippen LogP contribution in [-0.2, 0) is 19.1 Å². The Morgan fingerprint density at radius 3 is 2.53 bits per heavy atom. The van der Waals surface area contributed by atoms with Gasteiger partial charge < -0.3 is 14.8 Å². The molecule has 0 rings (SSSR count). The number of carbonyl (C=O) groups excluding carboxylic acids is 2. The van der Waals surface area contributed by atoms with Crippen molar-refractivity contribution < 1.29 is 19.1 Å². The lowest BCUT2D eigenvalue weighted by atomic mass is 10.3. The average molecular weight is 235 g/mol. The minimum absolute atomic E-state index is 0.225. The molecule has 88 valence electrons. The standard InChI is InChI=1S/C9H17NO4S/c1-7(11)10-8(6-15)9(12)14-5-3-4-13-2/h8,15H,3-6H2,1-2H3,(H,10,11). The molecule has 5 nitrogen and oxygen atoms in total. The van der Waals surface area contributed by atoms with Gasteiger partial charge in [0, 0.05) is 32.8 Å². The van der Waals surface area contributed by atoms with Gasteiger partial charge in [-0.1, -0.05) is 0 Å². The Morgan fingerprint density at radius 1 is 1.40 bits per heavy atom. The van der Waals surface area contributed by atoms with Crippen molar-refractivity contribution in [1.82, 2.24) is 5.32 Å². The molecule has 0 aromatic heterocycles. The van der Waals surface area contributed by atoms with Gasteiger partial charge in [-0.25, -0.2) is 4.79 Å². The van der Waals surface area contributed by atoms with Crippen molar-refractivity contribution in [3.8, 4) is 0 Å². The lowest BCUT2D eigenvalue weighted by Gasteiger charge is -2.14. The van der Waals surface area contributed by atoms with Crippen LogP contribution in [0.4, 0.5) is 0 Å². The van der Waals surface area contributed by atoms with E-state index >= 15 is 0 Å². The van der Waals surface area contributed by atoms with Crippen LogP contribution in [0.2, 0.25) is 0 Å². The van der Waals surface area contributed by atoms with E-state index in [-0.39, 0.29) is 18.3 Å². The Kier molecular flexibility index (Phi) is 8.12. The van der Waals surface area contributed by atoms with E-state index in [4.69, 9.17) is 9.47 Å². The van der Waals surface area contributed by atoms with Crippen molar-refractivity contribution in [2.24, 2.45) is 0 Å². The maximum Gasteiger partial charge on any atom is 0.329 e. The van der Waals surface area contributed by atoms with Crippen LogP contribution in [0, 0.1) is 0 Å². The molecule has 0 bridgehead atoms. The Hall–Kier alpha value is -0.750. The Morgan fingerprint density at radius 2 is 2.07 bits per heavy atom. The van der Waals surface area contributed by atoms with Gasteiger partial charge in [0.05, 0.1) is 6.61 Å². The molecule has 0 saturated carbocycles. The lowest BCUT2D eigenvalue weighted by molar-refractivity contribution is -0.147. The molecular weight excluding hydrogens is 218 g/mol. The van der Waals surface area contributed by atoms with E-state index < -0.39 is 12.0 Å². The molecule has 0 saturated heterocycles. The van der Waals surface area contributed by atoms with Gasteiger partial charge in [0.2, 0.25) is 5.91 Å². The van der Waals surface area contributed by atoms with Crippen molar-refractivity contribution >= 4 is 24.5 Å². The highest BCUT2D eigenvalue weighted by Crippen LogP contribution is 1.94. The second-order valence-electron chi connectivity index (χ2n) is 2.95. The molecule has 0 heterocycles. The summed E-state index contributed by atoms with van der Waals surface area (Å²) in [5.41, 5.74) is 0. The monoisotopic (exact) mass is 235 g/mol. The number of esters is 1. The number of methoxy groups -OCH3 is 1. The molecule has 0 aliphatic carbocycles. The van der Waals surface area contributed by atoms with E-state index in [0.717, 1.165) is 0 Å². The van der Waals surface area contributed by atoms with Gasteiger partial charge in [-0.05, 0) is 0 Å². The molecule has 0 radical (unpaired) electrons. The fourth-order valence-corrected chi connectivity index (χ4v) is 1.14. The maximum atomic E-state index is 11.3. The maximum absolute atomic E-state index is 11.3. The van der Waals surface area contributed by atoms with E-state index in [1.807, 2.05) is 0 Å². The molecule has 0 aliphatic heterocycles. The third kappa shape index (κ3) is 7.21. The average Bonchev–Trinajstić information content (AvgIpc) is 2.20. The number of hydrogen-bond acceptors (Lipinski definition) is 5. The second-order valence-corrected chi connectivity index (χ2v) is 3.31. The van der Waals surface area contributed by atoms with Crippen LogP contribution in [0.25, 0.3) is 0 Å². The third-order valence-electron chi connectivity index (χ3n) is 1.58. The summed E-state index contributed by atoms with van der Waals surface area (Å²) in [6.07, 6.45) is 0.640. The Balaban J connectivity index is 3.78. The minimum Gasteiger partial charge on any atom is -0.464 e. The summed E-state index contributed by atoms with van der Waals surface area (Å²) >= 11 is 3.95. The highest BCUT2D eigenvalue weighted by atomic mass is 32.1. The molecule has 0 aromatic rings. The zero-order valence-corrected chi connectivity index (χ0v) is 9.88. The van der Waals surface area contributed by atoms with Gasteiger partial charge in [-0.3, -0.25) is 4.79 Å². The van der Waals surface area contributed by atoms with Crippen LogP contribution in [0.5, 0.6) is 0 Å². The first kappa shape index (κ1) is 14.2. The fourth-order valence-electron chi connectivity index (χ4n) is 0.901. The molecule has 0 aromatic carbocycles. The molecule has 1 N–H and O–H groups in total. The van der Waals surface area contributed by atoms with Crippen LogP contribution in [0.15, 0.2) is 0 Å². The van der Waals surface area contributed by atoms with Crippen molar-refractivity contribution in [1.29, 1.82) is 0 Å². The smallest absolute Gasteiger partial charge is 0.329 e. The van der Waals surface area contributed by atoms with Crippen molar-refractivity contribution in [3.63, 3.8) is 0 Å². The molecule has 1 unspecified atom stereocenters. The second kappa shape index (κ2) is 8.55. The van der Waals surface area contributed by atoms with E-state index in [9.17, 15) is 9.59 Å². The summed E-state index contributed by atoms with van der Waals surface area (Å²) in [6.45, 7) is 2.17. The Labute approximate surface area is 94.9 Å². The first-order chi connectivity index (χ1) is 7.11. The van der Waals surface area contributed by atoms with Crippen LogP contribution >= 0.6 is 12.6 Å². The van der Waals surface area contributed by atoms with Crippen LogP contribution in [-0.4, -0.2) is 44.0 Å². The van der Waals surface area contributed by atoms with Gasteiger partial charge in [0.15, 0.2) is 0 Å². The number of ether oxygens (including phenoxy) is 2. The number of nitrogens with one attached hydrogen (secondary N) is 1. The highest BCUT2D eigenvalue weighted by molar-refractivity contribution is 7.80.